The third kappa shape index (κ3) is 7.98. The van der Waals surface area contributed by atoms with Crippen LogP contribution in [0.4, 0.5) is 10.1 Å². The molecule has 196 valence electrons. The summed E-state index contributed by atoms with van der Waals surface area (Å²) in [5.41, 5.74) is 7.05. The van der Waals surface area contributed by atoms with E-state index >= 15 is 4.39 Å². The van der Waals surface area contributed by atoms with Crippen molar-refractivity contribution in [2.24, 2.45) is 21.6 Å². The standard InChI is InChI=1S/C27H38FN5O3/c1-32(14-16-36-17-15-34)24-9-5-8-22(18-24)26(25(28)19-30-20-29)31-23-10-12-33(13-11-23)27(35)21-6-3-2-4-7-21/h5,8-9,15,18-21,23H,2-4,6-7,10-14,16-17H2,1H3,(H2,29,30)/b25-19+,31-26?. The van der Waals surface area contributed by atoms with E-state index in [-0.39, 0.29) is 30.2 Å². The molecule has 0 atom stereocenters. The molecule has 1 aromatic rings. The fourth-order valence-electron chi connectivity index (χ4n) is 4.80. The lowest BCUT2D eigenvalue weighted by Crippen LogP contribution is -2.43. The van der Waals surface area contributed by atoms with E-state index in [9.17, 15) is 9.59 Å². The quantitative estimate of drug-likeness (QED) is 0.217. The Kier molecular flexibility index (Phi) is 11.1. The fraction of sp³-hybridized carbons (Fsp3) is 0.556. The van der Waals surface area contributed by atoms with Crippen LogP contribution in [-0.4, -0.2) is 75.1 Å². The minimum atomic E-state index is -0.563. The SMILES string of the molecule is CN(CCOCC=O)c1cccc(C(=NC2CCN(C(=O)C3CCCCC3)CC2)/C(F)=C\N=CN)c1. The van der Waals surface area contributed by atoms with Gasteiger partial charge in [-0.15, -0.1) is 0 Å². The van der Waals surface area contributed by atoms with Crippen LogP contribution in [0.25, 0.3) is 0 Å². The van der Waals surface area contributed by atoms with Crippen molar-refractivity contribution in [1.82, 2.24) is 4.90 Å². The second-order valence-electron chi connectivity index (χ2n) is 9.36. The minimum absolute atomic E-state index is 0.0629. The lowest BCUT2D eigenvalue weighted by atomic mass is 9.87. The zero-order chi connectivity index (χ0) is 25.8. The highest BCUT2D eigenvalue weighted by atomic mass is 19.1. The molecule has 0 aromatic heterocycles. The average Bonchev–Trinajstić information content (AvgIpc) is 2.93. The predicted octanol–water partition coefficient (Wildman–Crippen LogP) is 3.50. The first-order valence-electron chi connectivity index (χ1n) is 12.8. The molecule has 1 aromatic carbocycles. The molecule has 8 nitrogen and oxygen atoms in total. The molecular formula is C27H38FN5O3. The molecule has 2 N–H and O–H groups in total. The number of nitrogens with two attached hydrogens (primary N) is 1. The van der Waals surface area contributed by atoms with Gasteiger partial charge in [0.05, 0.1) is 25.2 Å². The number of hydrogen-bond donors (Lipinski definition) is 1. The Labute approximate surface area is 213 Å². The first kappa shape index (κ1) is 27.5. The molecule has 1 amide bonds. The number of aldehydes is 1. The van der Waals surface area contributed by atoms with Gasteiger partial charge in [-0.05, 0) is 37.8 Å². The molecule has 2 aliphatic rings. The summed E-state index contributed by atoms with van der Waals surface area (Å²) in [7, 11) is 1.91. The normalized spacial score (nSPS) is 18.6. The molecule has 2 fully saturated rings. The van der Waals surface area contributed by atoms with Crippen LogP contribution in [0.15, 0.2) is 46.3 Å². The van der Waals surface area contributed by atoms with E-state index in [4.69, 9.17) is 15.5 Å². The molecule has 36 heavy (non-hydrogen) atoms. The summed E-state index contributed by atoms with van der Waals surface area (Å²) in [5.74, 6) is -0.132. The van der Waals surface area contributed by atoms with Gasteiger partial charge >= 0.3 is 0 Å². The lowest BCUT2D eigenvalue weighted by Gasteiger charge is -2.34. The van der Waals surface area contributed by atoms with E-state index in [2.05, 4.69) is 4.99 Å². The Hall–Kier alpha value is -3.07. The Morgan fingerprint density at radius 1 is 1.22 bits per heavy atom. The third-order valence-electron chi connectivity index (χ3n) is 6.86. The van der Waals surface area contributed by atoms with Gasteiger partial charge in [0.1, 0.15) is 18.6 Å². The van der Waals surface area contributed by atoms with Crippen molar-refractivity contribution in [3.8, 4) is 0 Å². The molecule has 0 radical (unpaired) electrons. The third-order valence-corrected chi connectivity index (χ3v) is 6.86. The number of carbonyl (C=O) groups excluding carboxylic acids is 2. The van der Waals surface area contributed by atoms with Crippen LogP contribution in [0.5, 0.6) is 0 Å². The monoisotopic (exact) mass is 499 g/mol. The molecule has 1 saturated heterocycles. The maximum atomic E-state index is 15.2. The summed E-state index contributed by atoms with van der Waals surface area (Å²) in [6.45, 7) is 2.33. The van der Waals surface area contributed by atoms with Crippen molar-refractivity contribution < 1.29 is 18.7 Å². The number of likely N-dealkylation sites (N-methyl/N-ethyl adjacent to an activating group) is 1. The molecule has 1 saturated carbocycles. The van der Waals surface area contributed by atoms with E-state index in [0.29, 0.717) is 44.6 Å². The van der Waals surface area contributed by atoms with Crippen LogP contribution in [0.2, 0.25) is 0 Å². The van der Waals surface area contributed by atoms with E-state index in [0.717, 1.165) is 50.2 Å². The van der Waals surface area contributed by atoms with Gasteiger partial charge in [-0.25, -0.2) is 9.38 Å². The fourth-order valence-corrected chi connectivity index (χ4v) is 4.80. The molecule has 1 heterocycles. The summed E-state index contributed by atoms with van der Waals surface area (Å²) < 4.78 is 20.4. The number of piperidine rings is 1. The number of ether oxygens (including phenoxy) is 1. The van der Waals surface area contributed by atoms with Gasteiger partial charge in [0.2, 0.25) is 5.91 Å². The van der Waals surface area contributed by atoms with Crippen LogP contribution < -0.4 is 10.6 Å². The molecule has 1 aliphatic heterocycles. The Bertz CT molecular complexity index is 950. The summed E-state index contributed by atoms with van der Waals surface area (Å²) in [4.78, 5) is 35.8. The second kappa shape index (κ2) is 14.5. The topological polar surface area (TPSA) is 101 Å². The lowest BCUT2D eigenvalue weighted by molar-refractivity contribution is -0.137. The summed E-state index contributed by atoms with van der Waals surface area (Å²) in [5, 5.41) is 0. The first-order chi connectivity index (χ1) is 17.5. The molecule has 1 aliphatic carbocycles. The molecule has 0 spiro atoms. The van der Waals surface area contributed by atoms with Crippen molar-refractivity contribution in [2.75, 3.05) is 44.8 Å². The number of allylic oxidation sites excluding steroid dienone is 1. The van der Waals surface area contributed by atoms with Crippen molar-refractivity contribution >= 4 is 29.9 Å². The number of benzene rings is 1. The van der Waals surface area contributed by atoms with Crippen molar-refractivity contribution in [3.63, 3.8) is 0 Å². The highest BCUT2D eigenvalue weighted by Gasteiger charge is 2.29. The summed E-state index contributed by atoms with van der Waals surface area (Å²) >= 11 is 0. The molecular weight excluding hydrogens is 461 g/mol. The van der Waals surface area contributed by atoms with Gasteiger partial charge in [-0.2, -0.15) is 0 Å². The largest absolute Gasteiger partial charge is 0.390 e. The number of rotatable bonds is 11. The summed E-state index contributed by atoms with van der Waals surface area (Å²) in [6.07, 6.45) is 9.71. The number of hydrogen-bond acceptors (Lipinski definition) is 6. The number of likely N-dealkylation sites (tertiary alicyclic amines) is 1. The van der Waals surface area contributed by atoms with Gasteiger partial charge in [0.15, 0.2) is 5.83 Å². The Balaban J connectivity index is 1.72. The number of nitrogens with zero attached hydrogens (tertiary/aromatic N) is 4. The Morgan fingerprint density at radius 2 is 1.97 bits per heavy atom. The first-order valence-corrected chi connectivity index (χ1v) is 12.8. The van der Waals surface area contributed by atoms with Crippen LogP contribution in [0.1, 0.15) is 50.5 Å². The van der Waals surface area contributed by atoms with Gasteiger partial charge in [-0.1, -0.05) is 31.4 Å². The van der Waals surface area contributed by atoms with E-state index in [1.54, 1.807) is 0 Å². The number of carbonyl (C=O) groups is 2. The summed E-state index contributed by atoms with van der Waals surface area (Å²) in [6, 6.07) is 7.39. The number of amides is 1. The zero-order valence-electron chi connectivity index (χ0n) is 21.2. The van der Waals surface area contributed by atoms with E-state index in [1.165, 1.54) is 6.42 Å². The average molecular weight is 500 g/mol. The van der Waals surface area contributed by atoms with Gasteiger partial charge in [0.25, 0.3) is 0 Å². The van der Waals surface area contributed by atoms with Crippen LogP contribution in [-0.2, 0) is 14.3 Å². The number of aliphatic imine (C=N–C) groups is 2. The van der Waals surface area contributed by atoms with Crippen molar-refractivity contribution in [3.05, 3.63) is 41.9 Å². The van der Waals surface area contributed by atoms with Crippen LogP contribution in [0.3, 0.4) is 0 Å². The molecule has 0 bridgehead atoms. The molecule has 0 unspecified atom stereocenters. The van der Waals surface area contributed by atoms with Gasteiger partial charge in [-0.3, -0.25) is 9.79 Å². The minimum Gasteiger partial charge on any atom is -0.390 e. The predicted molar refractivity (Wildman–Crippen MR) is 141 cm³/mol. The maximum Gasteiger partial charge on any atom is 0.225 e. The molecule has 3 rings (SSSR count). The maximum absolute atomic E-state index is 15.2. The van der Waals surface area contributed by atoms with Crippen molar-refractivity contribution in [1.29, 1.82) is 0 Å². The Morgan fingerprint density at radius 3 is 2.67 bits per heavy atom. The van der Waals surface area contributed by atoms with E-state index in [1.807, 2.05) is 41.1 Å². The highest BCUT2D eigenvalue weighted by Crippen LogP contribution is 2.27. The molecule has 9 heteroatoms. The van der Waals surface area contributed by atoms with Gasteiger partial charge < -0.3 is 25.1 Å². The highest BCUT2D eigenvalue weighted by molar-refractivity contribution is 6.11. The van der Waals surface area contributed by atoms with Crippen molar-refractivity contribution in [2.45, 2.75) is 51.0 Å². The van der Waals surface area contributed by atoms with Crippen LogP contribution >= 0.6 is 0 Å². The second-order valence-corrected chi connectivity index (χ2v) is 9.36. The zero-order valence-corrected chi connectivity index (χ0v) is 21.2. The van der Waals surface area contributed by atoms with E-state index < -0.39 is 5.83 Å². The van der Waals surface area contributed by atoms with Gasteiger partial charge in [0, 0.05) is 43.9 Å². The number of halogens is 1. The van der Waals surface area contributed by atoms with Crippen LogP contribution in [0, 0.1) is 5.92 Å². The number of anilines is 1. The smallest absolute Gasteiger partial charge is 0.225 e.